The molecule has 0 amide bonds. The molecule has 2 aromatic heterocycles. The molecule has 0 aliphatic rings. The molecule has 0 atom stereocenters. The van der Waals surface area contributed by atoms with Gasteiger partial charge in [0.15, 0.2) is 5.58 Å². The minimum atomic E-state index is 0.927. The zero-order valence-electron chi connectivity index (χ0n) is 14.0. The minimum absolute atomic E-state index is 0.927. The molecular weight excluding hydrogens is 318 g/mol. The Morgan fingerprint density at radius 3 is 1.81 bits per heavy atom. The van der Waals surface area contributed by atoms with Gasteiger partial charge in [-0.1, -0.05) is 66.7 Å². The van der Waals surface area contributed by atoms with Crippen LogP contribution >= 0.6 is 0 Å². The Morgan fingerprint density at radius 2 is 1.08 bits per heavy atom. The molecule has 6 aromatic rings. The molecular formula is C24H15NO. The number of furan rings is 1. The summed E-state index contributed by atoms with van der Waals surface area (Å²) in [4.78, 5) is 0. The highest BCUT2D eigenvalue weighted by Crippen LogP contribution is 2.37. The predicted molar refractivity (Wildman–Crippen MR) is 108 cm³/mol. The lowest BCUT2D eigenvalue weighted by Crippen LogP contribution is -1.93. The van der Waals surface area contributed by atoms with Gasteiger partial charge in [0.1, 0.15) is 5.58 Å². The van der Waals surface area contributed by atoms with Crippen LogP contribution in [0.2, 0.25) is 0 Å². The summed E-state index contributed by atoms with van der Waals surface area (Å²) < 4.78 is 8.60. The first kappa shape index (κ1) is 13.7. The van der Waals surface area contributed by atoms with Crippen molar-refractivity contribution >= 4 is 43.7 Å². The number of hydrogen-bond acceptors (Lipinski definition) is 1. The summed E-state index contributed by atoms with van der Waals surface area (Å²) in [6.07, 6.45) is 0. The summed E-state index contributed by atoms with van der Waals surface area (Å²) in [5.74, 6) is 0. The van der Waals surface area contributed by atoms with Crippen molar-refractivity contribution in [1.29, 1.82) is 0 Å². The lowest BCUT2D eigenvalue weighted by Gasteiger charge is -2.08. The number of benzene rings is 4. The molecule has 0 radical (unpaired) electrons. The maximum atomic E-state index is 6.28. The van der Waals surface area contributed by atoms with E-state index in [1.807, 2.05) is 12.1 Å². The van der Waals surface area contributed by atoms with Gasteiger partial charge in [-0.15, -0.1) is 0 Å². The quantitative estimate of drug-likeness (QED) is 0.328. The van der Waals surface area contributed by atoms with E-state index in [9.17, 15) is 0 Å². The maximum Gasteiger partial charge on any atom is 0.159 e. The Kier molecular flexibility index (Phi) is 2.64. The van der Waals surface area contributed by atoms with Crippen LogP contribution in [-0.4, -0.2) is 4.57 Å². The maximum absolute atomic E-state index is 6.28. The van der Waals surface area contributed by atoms with E-state index in [2.05, 4.69) is 83.4 Å². The molecule has 0 saturated carbocycles. The van der Waals surface area contributed by atoms with E-state index in [1.54, 1.807) is 0 Å². The summed E-state index contributed by atoms with van der Waals surface area (Å²) in [7, 11) is 0. The molecule has 0 aliphatic heterocycles. The van der Waals surface area contributed by atoms with Gasteiger partial charge < -0.3 is 8.98 Å². The monoisotopic (exact) mass is 333 g/mol. The highest BCUT2D eigenvalue weighted by atomic mass is 16.3. The van der Waals surface area contributed by atoms with E-state index in [0.29, 0.717) is 0 Å². The van der Waals surface area contributed by atoms with Crippen LogP contribution in [-0.2, 0) is 0 Å². The van der Waals surface area contributed by atoms with Crippen molar-refractivity contribution in [3.05, 3.63) is 91.0 Å². The van der Waals surface area contributed by atoms with Crippen LogP contribution < -0.4 is 0 Å². The minimum Gasteiger partial charge on any atom is -0.454 e. The fourth-order valence-corrected chi connectivity index (χ4v) is 4.09. The number of aromatic nitrogens is 1. The molecule has 2 heterocycles. The predicted octanol–water partition coefficient (Wildman–Crippen LogP) is 6.68. The highest BCUT2D eigenvalue weighted by molar-refractivity contribution is 6.12. The Balaban J connectivity index is 1.84. The zero-order valence-corrected chi connectivity index (χ0v) is 14.0. The van der Waals surface area contributed by atoms with Crippen molar-refractivity contribution < 1.29 is 4.42 Å². The molecule has 4 aromatic carbocycles. The number of para-hydroxylation sites is 4. The van der Waals surface area contributed by atoms with E-state index >= 15 is 0 Å². The van der Waals surface area contributed by atoms with Crippen LogP contribution in [0.15, 0.2) is 95.4 Å². The molecule has 122 valence electrons. The summed E-state index contributed by atoms with van der Waals surface area (Å²) in [5.41, 5.74) is 5.33. The SMILES string of the molecule is c1ccc2c(c1)oc1c(-n3c4ccccc4c4ccccc43)cccc12. The van der Waals surface area contributed by atoms with Crippen LogP contribution in [0, 0.1) is 0 Å². The molecule has 0 spiro atoms. The Morgan fingerprint density at radius 1 is 0.500 bits per heavy atom. The molecule has 26 heavy (non-hydrogen) atoms. The first-order valence-electron chi connectivity index (χ1n) is 8.81. The average molecular weight is 333 g/mol. The summed E-state index contributed by atoms with van der Waals surface area (Å²) in [6, 6.07) is 31.7. The second kappa shape index (κ2) is 4.99. The van der Waals surface area contributed by atoms with E-state index in [4.69, 9.17) is 4.42 Å². The van der Waals surface area contributed by atoms with Crippen molar-refractivity contribution in [1.82, 2.24) is 4.57 Å². The molecule has 0 N–H and O–H groups in total. The second-order valence-corrected chi connectivity index (χ2v) is 6.62. The zero-order chi connectivity index (χ0) is 17.1. The van der Waals surface area contributed by atoms with Gasteiger partial charge in [0.2, 0.25) is 0 Å². The number of hydrogen-bond donors (Lipinski definition) is 0. The molecule has 0 bridgehead atoms. The van der Waals surface area contributed by atoms with Crippen LogP contribution in [0.3, 0.4) is 0 Å². The topological polar surface area (TPSA) is 18.1 Å². The molecule has 2 nitrogen and oxygen atoms in total. The largest absolute Gasteiger partial charge is 0.454 e. The van der Waals surface area contributed by atoms with Gasteiger partial charge in [-0.2, -0.15) is 0 Å². The number of nitrogens with zero attached hydrogens (tertiary/aromatic N) is 1. The first-order valence-corrected chi connectivity index (χ1v) is 8.81. The third-order valence-electron chi connectivity index (χ3n) is 5.20. The molecule has 0 aliphatic carbocycles. The third-order valence-corrected chi connectivity index (χ3v) is 5.20. The van der Waals surface area contributed by atoms with E-state index in [1.165, 1.54) is 21.8 Å². The first-order chi connectivity index (χ1) is 12.9. The normalized spacial score (nSPS) is 11.8. The molecule has 2 heteroatoms. The third kappa shape index (κ3) is 1.71. The lowest BCUT2D eigenvalue weighted by atomic mass is 10.1. The Hall–Kier alpha value is -3.52. The van der Waals surface area contributed by atoms with E-state index in [0.717, 1.165) is 27.6 Å². The molecule has 0 saturated heterocycles. The molecule has 0 fully saturated rings. The van der Waals surface area contributed by atoms with E-state index in [-0.39, 0.29) is 0 Å². The fourth-order valence-electron chi connectivity index (χ4n) is 4.09. The summed E-state index contributed by atoms with van der Waals surface area (Å²) in [5, 5.41) is 4.83. The highest BCUT2D eigenvalue weighted by Gasteiger charge is 2.16. The van der Waals surface area contributed by atoms with Crippen LogP contribution in [0.1, 0.15) is 0 Å². The van der Waals surface area contributed by atoms with Gasteiger partial charge in [-0.25, -0.2) is 0 Å². The fraction of sp³-hybridized carbons (Fsp3) is 0. The standard InChI is InChI=1S/C24H15NO/c1-4-12-20-16(8-1)17-9-2-5-13-21(17)25(20)22-14-7-11-19-18-10-3-6-15-23(18)26-24(19)22/h1-15H. The smallest absolute Gasteiger partial charge is 0.159 e. The van der Waals surface area contributed by atoms with Crippen molar-refractivity contribution in [2.24, 2.45) is 0 Å². The van der Waals surface area contributed by atoms with Crippen molar-refractivity contribution in [2.45, 2.75) is 0 Å². The van der Waals surface area contributed by atoms with Gasteiger partial charge in [0, 0.05) is 21.5 Å². The van der Waals surface area contributed by atoms with Crippen LogP contribution in [0.5, 0.6) is 0 Å². The molecule has 6 rings (SSSR count). The number of rotatable bonds is 1. The lowest BCUT2D eigenvalue weighted by molar-refractivity contribution is 0.666. The van der Waals surface area contributed by atoms with Gasteiger partial charge in [-0.05, 0) is 24.3 Å². The van der Waals surface area contributed by atoms with Gasteiger partial charge in [0.25, 0.3) is 0 Å². The van der Waals surface area contributed by atoms with Crippen LogP contribution in [0.4, 0.5) is 0 Å². The average Bonchev–Trinajstić information content (AvgIpc) is 3.24. The van der Waals surface area contributed by atoms with Crippen LogP contribution in [0.25, 0.3) is 49.4 Å². The van der Waals surface area contributed by atoms with Gasteiger partial charge >= 0.3 is 0 Å². The van der Waals surface area contributed by atoms with Crippen molar-refractivity contribution in [3.8, 4) is 5.69 Å². The van der Waals surface area contributed by atoms with Gasteiger partial charge in [0.05, 0.1) is 16.7 Å². The number of fused-ring (bicyclic) bond motifs is 6. The van der Waals surface area contributed by atoms with Gasteiger partial charge in [-0.3, -0.25) is 0 Å². The Bertz CT molecular complexity index is 1380. The summed E-state index contributed by atoms with van der Waals surface area (Å²) in [6.45, 7) is 0. The van der Waals surface area contributed by atoms with Crippen molar-refractivity contribution in [3.63, 3.8) is 0 Å². The summed E-state index contributed by atoms with van der Waals surface area (Å²) >= 11 is 0. The Labute approximate surface area is 149 Å². The van der Waals surface area contributed by atoms with Crippen molar-refractivity contribution in [2.75, 3.05) is 0 Å². The van der Waals surface area contributed by atoms with E-state index < -0.39 is 0 Å². The second-order valence-electron chi connectivity index (χ2n) is 6.62. The molecule has 0 unspecified atom stereocenters.